The highest BCUT2D eigenvalue weighted by atomic mass is 16.1. The van der Waals surface area contributed by atoms with Gasteiger partial charge in [-0.15, -0.1) is 0 Å². The number of pyridine rings is 1. The second-order valence-corrected chi connectivity index (χ2v) is 4.86. The minimum absolute atomic E-state index is 0.0775. The van der Waals surface area contributed by atoms with E-state index in [-0.39, 0.29) is 5.43 Å². The minimum atomic E-state index is 0.0775. The van der Waals surface area contributed by atoms with Crippen molar-refractivity contribution in [2.75, 3.05) is 38.1 Å². The maximum absolute atomic E-state index is 11.7. The Bertz CT molecular complexity index is 612. The predicted molar refractivity (Wildman–Crippen MR) is 74.3 cm³/mol. The van der Waals surface area contributed by atoms with Crippen LogP contribution >= 0.6 is 0 Å². The molecule has 4 heteroatoms. The van der Waals surface area contributed by atoms with Crippen molar-refractivity contribution >= 4 is 16.6 Å². The zero-order chi connectivity index (χ0) is 12.5. The fourth-order valence-electron chi connectivity index (χ4n) is 2.42. The predicted octanol–water partition coefficient (Wildman–Crippen LogP) is 1.28. The minimum Gasteiger partial charge on any atom is -0.369 e. The molecule has 94 valence electrons. The molecule has 0 amide bonds. The Kier molecular flexibility index (Phi) is 2.80. The molecule has 3 rings (SSSR count). The van der Waals surface area contributed by atoms with Crippen molar-refractivity contribution < 1.29 is 0 Å². The highest BCUT2D eigenvalue weighted by molar-refractivity contribution is 5.82. The maximum atomic E-state index is 11.7. The molecule has 4 nitrogen and oxygen atoms in total. The third kappa shape index (κ3) is 1.99. The van der Waals surface area contributed by atoms with Gasteiger partial charge in [-0.2, -0.15) is 0 Å². The summed E-state index contributed by atoms with van der Waals surface area (Å²) in [5, 5.41) is 0.760. The van der Waals surface area contributed by atoms with E-state index in [0.717, 1.165) is 37.1 Å². The summed E-state index contributed by atoms with van der Waals surface area (Å²) in [4.78, 5) is 19.5. The van der Waals surface area contributed by atoms with Crippen LogP contribution in [0.4, 0.5) is 5.69 Å². The van der Waals surface area contributed by atoms with E-state index in [9.17, 15) is 4.79 Å². The van der Waals surface area contributed by atoms with Gasteiger partial charge >= 0.3 is 0 Å². The van der Waals surface area contributed by atoms with E-state index in [2.05, 4.69) is 27.9 Å². The first-order chi connectivity index (χ1) is 8.74. The third-order valence-electron chi connectivity index (χ3n) is 3.61. The number of nitrogens with zero attached hydrogens (tertiary/aromatic N) is 2. The topological polar surface area (TPSA) is 39.3 Å². The molecular weight excluding hydrogens is 226 g/mol. The van der Waals surface area contributed by atoms with Gasteiger partial charge in [0.1, 0.15) is 0 Å². The van der Waals surface area contributed by atoms with Crippen LogP contribution in [0.2, 0.25) is 0 Å². The molecule has 18 heavy (non-hydrogen) atoms. The standard InChI is InChI=1S/C14H17N3O/c1-16-6-8-17(9-7-16)11-2-3-12-13(10-11)15-5-4-14(12)18/h2-5,10H,6-9H2,1H3,(H,15,18). The Balaban J connectivity index is 1.96. The maximum Gasteiger partial charge on any atom is 0.189 e. The summed E-state index contributed by atoms with van der Waals surface area (Å²) in [7, 11) is 2.15. The second-order valence-electron chi connectivity index (χ2n) is 4.86. The summed E-state index contributed by atoms with van der Waals surface area (Å²) < 4.78 is 0. The molecule has 1 aliphatic heterocycles. The van der Waals surface area contributed by atoms with E-state index in [1.165, 1.54) is 5.69 Å². The summed E-state index contributed by atoms with van der Waals surface area (Å²) >= 11 is 0. The smallest absolute Gasteiger partial charge is 0.189 e. The summed E-state index contributed by atoms with van der Waals surface area (Å²) in [5.74, 6) is 0. The van der Waals surface area contributed by atoms with Crippen molar-refractivity contribution in [3.63, 3.8) is 0 Å². The molecule has 0 radical (unpaired) electrons. The van der Waals surface area contributed by atoms with Crippen LogP contribution in [0.3, 0.4) is 0 Å². The van der Waals surface area contributed by atoms with Crippen LogP contribution in [0.25, 0.3) is 10.9 Å². The monoisotopic (exact) mass is 243 g/mol. The van der Waals surface area contributed by atoms with Gasteiger partial charge in [-0.25, -0.2) is 0 Å². The number of nitrogens with one attached hydrogen (secondary N) is 1. The first-order valence-electron chi connectivity index (χ1n) is 6.29. The lowest BCUT2D eigenvalue weighted by Gasteiger charge is -2.34. The van der Waals surface area contributed by atoms with Gasteiger partial charge in [-0.3, -0.25) is 4.79 Å². The lowest BCUT2D eigenvalue weighted by atomic mass is 10.1. The number of benzene rings is 1. The molecule has 0 aliphatic carbocycles. The molecule has 0 atom stereocenters. The fourth-order valence-corrected chi connectivity index (χ4v) is 2.42. The van der Waals surface area contributed by atoms with E-state index >= 15 is 0 Å². The molecule has 0 bridgehead atoms. The molecule has 1 aromatic heterocycles. The number of aromatic nitrogens is 1. The average molecular weight is 243 g/mol. The molecule has 1 N–H and O–H groups in total. The largest absolute Gasteiger partial charge is 0.369 e. The van der Waals surface area contributed by atoms with Gasteiger partial charge in [-0.1, -0.05) is 0 Å². The van der Waals surface area contributed by atoms with Gasteiger partial charge in [0.15, 0.2) is 5.43 Å². The van der Waals surface area contributed by atoms with Gasteiger partial charge in [0, 0.05) is 49.5 Å². The lowest BCUT2D eigenvalue weighted by Crippen LogP contribution is -2.44. The van der Waals surface area contributed by atoms with Crippen molar-refractivity contribution in [3.05, 3.63) is 40.7 Å². The second kappa shape index (κ2) is 4.46. The number of likely N-dealkylation sites (N-methyl/N-ethyl adjacent to an activating group) is 1. The summed E-state index contributed by atoms with van der Waals surface area (Å²) in [5.41, 5.74) is 2.19. The van der Waals surface area contributed by atoms with Crippen LogP contribution in [0, 0.1) is 0 Å². The molecule has 2 heterocycles. The molecule has 0 spiro atoms. The Morgan fingerprint density at radius 3 is 2.67 bits per heavy atom. The van der Waals surface area contributed by atoms with Crippen LogP contribution in [0.1, 0.15) is 0 Å². The zero-order valence-electron chi connectivity index (χ0n) is 10.5. The molecule has 2 aromatic rings. The van der Waals surface area contributed by atoms with Gasteiger partial charge < -0.3 is 14.8 Å². The molecule has 1 aliphatic rings. The summed E-state index contributed by atoms with van der Waals surface area (Å²) in [6, 6.07) is 7.60. The highest BCUT2D eigenvalue weighted by Crippen LogP contribution is 2.19. The first kappa shape index (κ1) is 11.3. The molecule has 1 aromatic carbocycles. The van der Waals surface area contributed by atoms with Crippen LogP contribution in [0.15, 0.2) is 35.3 Å². The number of piperazine rings is 1. The Labute approximate surface area is 106 Å². The summed E-state index contributed by atoms with van der Waals surface area (Å²) in [6.45, 7) is 4.25. The van der Waals surface area contributed by atoms with Crippen molar-refractivity contribution in [1.82, 2.24) is 9.88 Å². The van der Waals surface area contributed by atoms with E-state index in [0.29, 0.717) is 0 Å². The van der Waals surface area contributed by atoms with Crippen molar-refractivity contribution in [3.8, 4) is 0 Å². The Hall–Kier alpha value is -1.81. The lowest BCUT2D eigenvalue weighted by molar-refractivity contribution is 0.313. The van der Waals surface area contributed by atoms with Gasteiger partial charge in [-0.05, 0) is 25.2 Å². The molecular formula is C14H17N3O. The Morgan fingerprint density at radius 1 is 1.11 bits per heavy atom. The van der Waals surface area contributed by atoms with Gasteiger partial charge in [0.05, 0.1) is 5.52 Å². The summed E-state index contributed by atoms with van der Waals surface area (Å²) in [6.07, 6.45) is 1.71. The molecule has 0 saturated carbocycles. The quantitative estimate of drug-likeness (QED) is 0.820. The van der Waals surface area contributed by atoms with E-state index in [4.69, 9.17) is 0 Å². The van der Waals surface area contributed by atoms with Crippen LogP contribution in [-0.4, -0.2) is 43.1 Å². The number of fused-ring (bicyclic) bond motifs is 1. The number of H-pyrrole nitrogens is 1. The number of hydrogen-bond donors (Lipinski definition) is 1. The van der Waals surface area contributed by atoms with Crippen LogP contribution in [-0.2, 0) is 0 Å². The average Bonchev–Trinajstić information content (AvgIpc) is 2.39. The highest BCUT2D eigenvalue weighted by Gasteiger charge is 2.14. The third-order valence-corrected chi connectivity index (χ3v) is 3.61. The number of hydrogen-bond acceptors (Lipinski definition) is 3. The van der Waals surface area contributed by atoms with Crippen molar-refractivity contribution in [2.45, 2.75) is 0 Å². The van der Waals surface area contributed by atoms with E-state index in [1.807, 2.05) is 12.1 Å². The van der Waals surface area contributed by atoms with Gasteiger partial charge in [0.25, 0.3) is 0 Å². The molecule has 1 saturated heterocycles. The number of rotatable bonds is 1. The Morgan fingerprint density at radius 2 is 1.89 bits per heavy atom. The molecule has 0 unspecified atom stereocenters. The van der Waals surface area contributed by atoms with Crippen molar-refractivity contribution in [2.24, 2.45) is 0 Å². The van der Waals surface area contributed by atoms with Crippen LogP contribution < -0.4 is 10.3 Å². The molecule has 1 fully saturated rings. The van der Waals surface area contributed by atoms with Crippen LogP contribution in [0.5, 0.6) is 0 Å². The normalized spacial score (nSPS) is 17.3. The van der Waals surface area contributed by atoms with Crippen molar-refractivity contribution in [1.29, 1.82) is 0 Å². The van der Waals surface area contributed by atoms with E-state index < -0.39 is 0 Å². The number of aromatic amines is 1. The zero-order valence-corrected chi connectivity index (χ0v) is 10.5. The van der Waals surface area contributed by atoms with Gasteiger partial charge in [0.2, 0.25) is 0 Å². The SMILES string of the molecule is CN1CCN(c2ccc3c(=O)cc[nH]c3c2)CC1. The fraction of sp³-hybridized carbons (Fsp3) is 0.357. The van der Waals surface area contributed by atoms with E-state index in [1.54, 1.807) is 12.3 Å². The first-order valence-corrected chi connectivity index (χ1v) is 6.29. The number of anilines is 1.